The number of benzene rings is 3. The van der Waals surface area contributed by atoms with Crippen LogP contribution < -0.4 is 0 Å². The molecule has 4 heteroatoms. The van der Waals surface area contributed by atoms with Gasteiger partial charge in [-0.15, -0.1) is 12.4 Å². The number of carboxylic acids is 1. The van der Waals surface area contributed by atoms with Crippen molar-refractivity contribution >= 4 is 51.0 Å². The number of aromatic nitrogens is 1. The molecule has 0 aliphatic carbocycles. The number of hydrogen-bond donors (Lipinski definition) is 1. The summed E-state index contributed by atoms with van der Waals surface area (Å²) in [7, 11) is 0. The molecule has 0 amide bonds. The molecule has 0 saturated carbocycles. The lowest BCUT2D eigenvalue weighted by Gasteiger charge is -2.08. The van der Waals surface area contributed by atoms with Crippen LogP contribution in [0.1, 0.15) is 10.4 Å². The normalized spacial score (nSPS) is 10.7. The van der Waals surface area contributed by atoms with Crippen molar-refractivity contribution in [1.29, 1.82) is 0 Å². The molecule has 3 aromatic carbocycles. The highest BCUT2D eigenvalue weighted by molar-refractivity contribution is 6.15. The number of pyridine rings is 1. The van der Waals surface area contributed by atoms with Gasteiger partial charge in [0.15, 0.2) is 0 Å². The fourth-order valence-corrected chi connectivity index (χ4v) is 2.81. The Labute approximate surface area is 132 Å². The van der Waals surface area contributed by atoms with E-state index in [1.54, 1.807) is 6.07 Å². The highest BCUT2D eigenvalue weighted by atomic mass is 35.5. The zero-order valence-corrected chi connectivity index (χ0v) is 12.3. The van der Waals surface area contributed by atoms with Gasteiger partial charge in [-0.3, -0.25) is 0 Å². The minimum atomic E-state index is -0.922. The molecular weight excluding hydrogens is 298 g/mol. The van der Waals surface area contributed by atoms with Gasteiger partial charge in [0, 0.05) is 10.8 Å². The van der Waals surface area contributed by atoms with Gasteiger partial charge in [0.2, 0.25) is 0 Å². The van der Waals surface area contributed by atoms with E-state index in [4.69, 9.17) is 0 Å². The average Bonchev–Trinajstić information content (AvgIpc) is 2.50. The zero-order chi connectivity index (χ0) is 14.4. The molecular formula is C18H12ClNO2. The van der Waals surface area contributed by atoms with E-state index in [9.17, 15) is 9.90 Å². The highest BCUT2D eigenvalue weighted by Crippen LogP contribution is 2.29. The van der Waals surface area contributed by atoms with Crippen molar-refractivity contribution in [3.63, 3.8) is 0 Å². The minimum Gasteiger partial charge on any atom is -0.478 e. The molecule has 1 N–H and O–H groups in total. The molecule has 0 aliphatic rings. The molecule has 0 aliphatic heterocycles. The van der Waals surface area contributed by atoms with E-state index in [1.165, 1.54) is 0 Å². The summed E-state index contributed by atoms with van der Waals surface area (Å²) in [5, 5.41) is 13.1. The maximum absolute atomic E-state index is 11.7. The first-order chi connectivity index (χ1) is 10.2. The van der Waals surface area contributed by atoms with E-state index < -0.39 is 5.97 Å². The molecule has 22 heavy (non-hydrogen) atoms. The van der Waals surface area contributed by atoms with Gasteiger partial charge in [0.25, 0.3) is 0 Å². The van der Waals surface area contributed by atoms with E-state index in [0.29, 0.717) is 27.4 Å². The van der Waals surface area contributed by atoms with Gasteiger partial charge >= 0.3 is 5.97 Å². The summed E-state index contributed by atoms with van der Waals surface area (Å²) in [5.41, 5.74) is 1.74. The molecule has 4 rings (SSSR count). The van der Waals surface area contributed by atoms with Crippen LogP contribution in [0.2, 0.25) is 0 Å². The van der Waals surface area contributed by atoms with Crippen LogP contribution in [0.3, 0.4) is 0 Å². The number of para-hydroxylation sites is 1. The minimum absolute atomic E-state index is 0. The molecule has 3 nitrogen and oxygen atoms in total. The fraction of sp³-hybridized carbons (Fsp3) is 0. The number of halogens is 1. The quantitative estimate of drug-likeness (QED) is 0.520. The summed E-state index contributed by atoms with van der Waals surface area (Å²) in [6, 6.07) is 19.1. The summed E-state index contributed by atoms with van der Waals surface area (Å²) in [6.45, 7) is 0. The van der Waals surface area contributed by atoms with E-state index in [1.807, 2.05) is 54.6 Å². The predicted molar refractivity (Wildman–Crippen MR) is 91.0 cm³/mol. The second kappa shape index (κ2) is 5.28. The molecule has 0 unspecified atom stereocenters. The maximum atomic E-state index is 11.7. The Bertz CT molecular complexity index is 1020. The van der Waals surface area contributed by atoms with Crippen LogP contribution >= 0.6 is 12.4 Å². The number of carbonyl (C=O) groups is 1. The summed E-state index contributed by atoms with van der Waals surface area (Å²) in [5.74, 6) is -0.922. The van der Waals surface area contributed by atoms with Crippen LogP contribution in [0.25, 0.3) is 32.6 Å². The van der Waals surface area contributed by atoms with Crippen molar-refractivity contribution in [3.8, 4) is 0 Å². The molecule has 1 aromatic heterocycles. The lowest BCUT2D eigenvalue weighted by Crippen LogP contribution is -2.00. The van der Waals surface area contributed by atoms with Crippen molar-refractivity contribution in [1.82, 2.24) is 4.98 Å². The van der Waals surface area contributed by atoms with Crippen LogP contribution in [0.4, 0.5) is 0 Å². The second-order valence-corrected chi connectivity index (χ2v) is 5.03. The third-order valence-corrected chi connectivity index (χ3v) is 3.76. The number of fused-ring (bicyclic) bond motifs is 3. The number of carboxylic acid groups (broad SMARTS) is 1. The fourth-order valence-electron chi connectivity index (χ4n) is 2.81. The molecule has 4 aromatic rings. The Balaban J connectivity index is 0.00000144. The standard InChI is InChI=1S/C18H11NO2.ClH/c20-18(21)17-13-7-3-4-8-15(13)19-16-10-12-6-2-1-5-11(12)9-14(16)17;/h1-10H,(H,20,21);1H. The second-order valence-electron chi connectivity index (χ2n) is 5.03. The summed E-state index contributed by atoms with van der Waals surface area (Å²) in [6.07, 6.45) is 0. The molecule has 0 fully saturated rings. The smallest absolute Gasteiger partial charge is 0.337 e. The van der Waals surface area contributed by atoms with Gasteiger partial charge in [-0.05, 0) is 29.0 Å². The summed E-state index contributed by atoms with van der Waals surface area (Å²) in [4.78, 5) is 16.3. The summed E-state index contributed by atoms with van der Waals surface area (Å²) >= 11 is 0. The van der Waals surface area contributed by atoms with Crippen LogP contribution in [0.5, 0.6) is 0 Å². The van der Waals surface area contributed by atoms with E-state index in [0.717, 1.165) is 10.8 Å². The highest BCUT2D eigenvalue weighted by Gasteiger charge is 2.15. The molecule has 0 spiro atoms. The third kappa shape index (κ3) is 2.07. The Morgan fingerprint density at radius 3 is 2.18 bits per heavy atom. The van der Waals surface area contributed by atoms with Crippen LogP contribution in [0.15, 0.2) is 60.7 Å². The van der Waals surface area contributed by atoms with E-state index in [2.05, 4.69) is 4.98 Å². The van der Waals surface area contributed by atoms with Gasteiger partial charge in [-0.25, -0.2) is 9.78 Å². The van der Waals surface area contributed by atoms with Crippen molar-refractivity contribution in [3.05, 3.63) is 66.2 Å². The summed E-state index contributed by atoms with van der Waals surface area (Å²) < 4.78 is 0. The molecule has 0 saturated heterocycles. The lowest BCUT2D eigenvalue weighted by atomic mass is 9.99. The monoisotopic (exact) mass is 309 g/mol. The Kier molecular flexibility index (Phi) is 3.43. The number of hydrogen-bond acceptors (Lipinski definition) is 2. The Morgan fingerprint density at radius 2 is 1.45 bits per heavy atom. The Morgan fingerprint density at radius 1 is 0.818 bits per heavy atom. The first-order valence-electron chi connectivity index (χ1n) is 6.68. The van der Waals surface area contributed by atoms with Crippen LogP contribution in [0, 0.1) is 0 Å². The first kappa shape index (κ1) is 14.3. The van der Waals surface area contributed by atoms with Crippen molar-refractivity contribution in [2.24, 2.45) is 0 Å². The number of rotatable bonds is 1. The molecule has 108 valence electrons. The average molecular weight is 310 g/mol. The number of aromatic carboxylic acids is 1. The van der Waals surface area contributed by atoms with Gasteiger partial charge in [-0.1, -0.05) is 42.5 Å². The predicted octanol–water partition coefficient (Wildman–Crippen LogP) is 4.66. The molecule has 0 radical (unpaired) electrons. The maximum Gasteiger partial charge on any atom is 0.337 e. The van der Waals surface area contributed by atoms with Crippen molar-refractivity contribution in [2.75, 3.05) is 0 Å². The Hall–Kier alpha value is -2.65. The van der Waals surface area contributed by atoms with Gasteiger partial charge in [0.1, 0.15) is 0 Å². The largest absolute Gasteiger partial charge is 0.478 e. The SMILES string of the molecule is Cl.O=C(O)c1c2ccccc2nc2cc3ccccc3cc12. The van der Waals surface area contributed by atoms with Crippen LogP contribution in [-0.2, 0) is 0 Å². The third-order valence-electron chi connectivity index (χ3n) is 3.76. The van der Waals surface area contributed by atoms with Gasteiger partial charge in [-0.2, -0.15) is 0 Å². The lowest BCUT2D eigenvalue weighted by molar-refractivity contribution is 0.0701. The first-order valence-corrected chi connectivity index (χ1v) is 6.68. The van der Waals surface area contributed by atoms with Gasteiger partial charge in [0.05, 0.1) is 16.6 Å². The van der Waals surface area contributed by atoms with Crippen molar-refractivity contribution < 1.29 is 9.90 Å². The van der Waals surface area contributed by atoms with Gasteiger partial charge < -0.3 is 5.11 Å². The molecule has 0 bridgehead atoms. The topological polar surface area (TPSA) is 50.2 Å². The van der Waals surface area contributed by atoms with Crippen molar-refractivity contribution in [2.45, 2.75) is 0 Å². The zero-order valence-electron chi connectivity index (χ0n) is 11.5. The van der Waals surface area contributed by atoms with E-state index >= 15 is 0 Å². The number of nitrogens with zero attached hydrogens (tertiary/aromatic N) is 1. The molecule has 0 atom stereocenters. The van der Waals surface area contributed by atoms with Crippen LogP contribution in [-0.4, -0.2) is 16.1 Å². The van der Waals surface area contributed by atoms with E-state index in [-0.39, 0.29) is 12.4 Å². The molecule has 1 heterocycles.